The molecule has 242 valence electrons. The van der Waals surface area contributed by atoms with Crippen LogP contribution in [0.2, 0.25) is 0 Å². The van der Waals surface area contributed by atoms with Gasteiger partial charge in [-0.1, -0.05) is 18.2 Å². The van der Waals surface area contributed by atoms with Gasteiger partial charge in [0.05, 0.1) is 17.5 Å². The molecular formula is C35H32F2N4O5S. The highest BCUT2D eigenvalue weighted by atomic mass is 32.2. The summed E-state index contributed by atoms with van der Waals surface area (Å²) < 4.78 is 61.3. The van der Waals surface area contributed by atoms with Crippen LogP contribution in [-0.2, 0) is 15.4 Å². The SMILES string of the molecule is CCN(c1cc2oc(-c3ccc(F)cc3)c(C(=O)NC)c2cc1-c1cccc(C(=O)CC2(c3ncccn3)CC(F)C2)c1)S(C)(=O)=O. The number of amides is 1. The van der Waals surface area contributed by atoms with Gasteiger partial charge >= 0.3 is 0 Å². The molecule has 2 aromatic heterocycles. The van der Waals surface area contributed by atoms with Crippen molar-refractivity contribution in [2.24, 2.45) is 0 Å². The molecule has 0 saturated heterocycles. The molecule has 3 aromatic carbocycles. The number of nitrogens with one attached hydrogen (secondary N) is 1. The first-order valence-electron chi connectivity index (χ1n) is 15.1. The number of carbonyl (C=O) groups excluding carboxylic acids is 2. The number of aromatic nitrogens is 2. The van der Waals surface area contributed by atoms with E-state index in [9.17, 15) is 26.8 Å². The lowest BCUT2D eigenvalue weighted by Crippen LogP contribution is -2.45. The number of fused-ring (bicyclic) bond motifs is 1. The first-order valence-corrected chi connectivity index (χ1v) is 16.9. The lowest BCUT2D eigenvalue weighted by atomic mass is 9.63. The molecule has 2 heterocycles. The summed E-state index contributed by atoms with van der Waals surface area (Å²) in [5.74, 6) is -0.537. The fraction of sp³-hybridized carbons (Fsp3) is 0.257. The third kappa shape index (κ3) is 6.00. The molecule has 5 aromatic rings. The van der Waals surface area contributed by atoms with Gasteiger partial charge in [-0.25, -0.2) is 27.2 Å². The molecular weight excluding hydrogens is 626 g/mol. The maximum atomic E-state index is 14.2. The summed E-state index contributed by atoms with van der Waals surface area (Å²) >= 11 is 0. The van der Waals surface area contributed by atoms with E-state index in [1.54, 1.807) is 61.8 Å². The van der Waals surface area contributed by atoms with Crippen LogP contribution in [0.25, 0.3) is 33.4 Å². The van der Waals surface area contributed by atoms with Gasteiger partial charge in [0.2, 0.25) is 10.0 Å². The number of benzene rings is 3. The molecule has 1 saturated carbocycles. The van der Waals surface area contributed by atoms with E-state index in [2.05, 4.69) is 15.3 Å². The third-order valence-corrected chi connectivity index (χ3v) is 9.84. The second-order valence-corrected chi connectivity index (χ2v) is 13.6. The van der Waals surface area contributed by atoms with E-state index < -0.39 is 33.3 Å². The van der Waals surface area contributed by atoms with E-state index in [1.165, 1.54) is 35.6 Å². The molecule has 47 heavy (non-hydrogen) atoms. The molecule has 9 nitrogen and oxygen atoms in total. The highest BCUT2D eigenvalue weighted by molar-refractivity contribution is 7.92. The number of hydrogen-bond donors (Lipinski definition) is 1. The number of nitrogens with zero attached hydrogens (tertiary/aromatic N) is 3. The Bertz CT molecular complexity index is 2090. The van der Waals surface area contributed by atoms with Crippen molar-refractivity contribution in [1.82, 2.24) is 15.3 Å². The van der Waals surface area contributed by atoms with Crippen LogP contribution in [0.3, 0.4) is 0 Å². The van der Waals surface area contributed by atoms with Crippen LogP contribution >= 0.6 is 0 Å². The molecule has 0 atom stereocenters. The topological polar surface area (TPSA) is 122 Å². The predicted molar refractivity (Wildman–Crippen MR) is 175 cm³/mol. The molecule has 0 unspecified atom stereocenters. The van der Waals surface area contributed by atoms with Crippen molar-refractivity contribution in [3.05, 3.63) is 102 Å². The molecule has 1 fully saturated rings. The Labute approximate surface area is 270 Å². The minimum absolute atomic E-state index is 0.000777. The van der Waals surface area contributed by atoms with Crippen molar-refractivity contribution in [1.29, 1.82) is 0 Å². The minimum Gasteiger partial charge on any atom is -0.455 e. The Kier molecular flexibility index (Phi) is 8.39. The number of furan rings is 1. The zero-order chi connectivity index (χ0) is 33.5. The molecule has 0 spiro atoms. The summed E-state index contributed by atoms with van der Waals surface area (Å²) in [6, 6.07) is 17.1. The number of hydrogen-bond acceptors (Lipinski definition) is 7. The normalized spacial score (nSPS) is 17.7. The van der Waals surface area contributed by atoms with Crippen LogP contribution in [0.5, 0.6) is 0 Å². The van der Waals surface area contributed by atoms with Crippen molar-refractivity contribution in [3.63, 3.8) is 0 Å². The summed E-state index contributed by atoms with van der Waals surface area (Å²) in [4.78, 5) is 35.6. The van der Waals surface area contributed by atoms with Crippen molar-refractivity contribution in [2.75, 3.05) is 24.2 Å². The van der Waals surface area contributed by atoms with Crippen LogP contribution in [0, 0.1) is 5.82 Å². The Balaban J connectivity index is 1.50. The Morgan fingerprint density at radius 1 is 1.02 bits per heavy atom. The summed E-state index contributed by atoms with van der Waals surface area (Å²) in [7, 11) is -2.30. The monoisotopic (exact) mass is 658 g/mol. The molecule has 1 N–H and O–H groups in total. The van der Waals surface area contributed by atoms with Gasteiger partial charge < -0.3 is 9.73 Å². The highest BCUT2D eigenvalue weighted by Gasteiger charge is 2.49. The van der Waals surface area contributed by atoms with Gasteiger partial charge in [0.15, 0.2) is 5.78 Å². The van der Waals surface area contributed by atoms with E-state index in [-0.39, 0.29) is 54.2 Å². The van der Waals surface area contributed by atoms with Gasteiger partial charge in [-0.2, -0.15) is 0 Å². The van der Waals surface area contributed by atoms with Gasteiger partial charge in [-0.15, -0.1) is 0 Å². The molecule has 6 rings (SSSR count). The number of halogens is 2. The van der Waals surface area contributed by atoms with Crippen LogP contribution < -0.4 is 9.62 Å². The van der Waals surface area contributed by atoms with E-state index in [4.69, 9.17) is 4.42 Å². The molecule has 1 amide bonds. The molecule has 0 radical (unpaired) electrons. The number of sulfonamides is 1. The van der Waals surface area contributed by atoms with Crippen LogP contribution in [0.1, 0.15) is 52.7 Å². The Hall–Kier alpha value is -4.97. The van der Waals surface area contributed by atoms with Gasteiger partial charge in [0.25, 0.3) is 5.91 Å². The van der Waals surface area contributed by atoms with Crippen molar-refractivity contribution < 1.29 is 31.2 Å². The lowest BCUT2D eigenvalue weighted by molar-refractivity contribution is 0.0651. The van der Waals surface area contributed by atoms with E-state index in [1.807, 2.05) is 0 Å². The van der Waals surface area contributed by atoms with Crippen molar-refractivity contribution >= 4 is 38.4 Å². The summed E-state index contributed by atoms with van der Waals surface area (Å²) in [6.07, 6.45) is 3.47. The largest absolute Gasteiger partial charge is 0.455 e. The number of carbonyl (C=O) groups is 2. The molecule has 0 bridgehead atoms. The molecule has 0 aliphatic heterocycles. The Morgan fingerprint density at radius 3 is 2.34 bits per heavy atom. The van der Waals surface area contributed by atoms with Crippen molar-refractivity contribution in [3.8, 4) is 22.5 Å². The summed E-state index contributed by atoms with van der Waals surface area (Å²) in [6.45, 7) is 1.78. The van der Waals surface area contributed by atoms with Gasteiger partial charge in [0, 0.05) is 66.0 Å². The van der Waals surface area contributed by atoms with E-state index in [0.717, 1.165) is 6.26 Å². The number of Topliss-reactive ketones (excluding diaryl/α,β-unsaturated/α-hetero) is 1. The van der Waals surface area contributed by atoms with Gasteiger partial charge in [-0.3, -0.25) is 13.9 Å². The molecule has 1 aliphatic rings. The molecule has 1 aliphatic carbocycles. The second kappa shape index (κ2) is 12.3. The number of alkyl halides is 1. The van der Waals surface area contributed by atoms with Crippen LogP contribution in [-0.4, -0.2) is 56.1 Å². The number of rotatable bonds is 10. The quantitative estimate of drug-likeness (QED) is 0.170. The smallest absolute Gasteiger partial charge is 0.255 e. The fourth-order valence-corrected chi connectivity index (χ4v) is 7.32. The minimum atomic E-state index is -3.78. The van der Waals surface area contributed by atoms with Gasteiger partial charge in [-0.05, 0) is 67.8 Å². The van der Waals surface area contributed by atoms with Gasteiger partial charge in [0.1, 0.15) is 29.2 Å². The van der Waals surface area contributed by atoms with Crippen LogP contribution in [0.4, 0.5) is 14.5 Å². The molecule has 12 heteroatoms. The average molecular weight is 659 g/mol. The zero-order valence-corrected chi connectivity index (χ0v) is 26.8. The zero-order valence-electron chi connectivity index (χ0n) is 26.0. The third-order valence-electron chi connectivity index (χ3n) is 8.58. The maximum Gasteiger partial charge on any atom is 0.255 e. The fourth-order valence-electron chi connectivity index (χ4n) is 6.34. The van der Waals surface area contributed by atoms with E-state index in [0.29, 0.717) is 33.5 Å². The van der Waals surface area contributed by atoms with E-state index >= 15 is 0 Å². The average Bonchev–Trinajstić information content (AvgIpc) is 3.42. The summed E-state index contributed by atoms with van der Waals surface area (Å²) in [5, 5.41) is 3.02. The number of ketones is 1. The second-order valence-electron chi connectivity index (χ2n) is 11.7. The lowest BCUT2D eigenvalue weighted by Gasteiger charge is -2.42. The standard InChI is InChI=1S/C35H32F2N4O5S/c1-4-41(47(3,44)45)28-17-30-27(31(33(43)38-2)32(46-30)21-9-11-24(36)12-10-21)16-26(28)22-7-5-8-23(15-22)29(42)20-35(18-25(37)19-35)34-39-13-6-14-40-34/h5-17,25H,4,18-20H2,1-3H3,(H,38,43). The first kappa shape index (κ1) is 32.0. The summed E-state index contributed by atoms with van der Waals surface area (Å²) in [5.41, 5.74) is 1.65. The number of anilines is 1. The van der Waals surface area contributed by atoms with Crippen molar-refractivity contribution in [2.45, 2.75) is 37.8 Å². The Morgan fingerprint density at radius 2 is 1.72 bits per heavy atom. The maximum absolute atomic E-state index is 14.2. The first-order chi connectivity index (χ1) is 22.4. The predicted octanol–water partition coefficient (Wildman–Crippen LogP) is 6.48. The highest BCUT2D eigenvalue weighted by Crippen LogP contribution is 2.47. The van der Waals surface area contributed by atoms with Crippen LogP contribution in [0.15, 0.2) is 83.5 Å².